The van der Waals surface area contributed by atoms with Crippen LogP contribution in [0.3, 0.4) is 0 Å². The SMILES string of the molecule is N/C=C(\N)CNc1ccccc1. The molecular formula is C9H13N3. The molecule has 0 aliphatic carbocycles. The summed E-state index contributed by atoms with van der Waals surface area (Å²) in [6, 6.07) is 9.84. The Balaban J connectivity index is 2.44. The molecule has 0 fully saturated rings. The van der Waals surface area contributed by atoms with Crippen molar-refractivity contribution in [1.29, 1.82) is 0 Å². The van der Waals surface area contributed by atoms with Crippen LogP contribution < -0.4 is 16.8 Å². The maximum Gasteiger partial charge on any atom is 0.0560 e. The van der Waals surface area contributed by atoms with Gasteiger partial charge in [0, 0.05) is 17.6 Å². The maximum absolute atomic E-state index is 5.49. The van der Waals surface area contributed by atoms with E-state index in [4.69, 9.17) is 11.5 Å². The first-order valence-electron chi connectivity index (χ1n) is 3.78. The molecule has 1 rings (SSSR count). The van der Waals surface area contributed by atoms with Gasteiger partial charge in [0.05, 0.1) is 6.54 Å². The van der Waals surface area contributed by atoms with Crippen molar-refractivity contribution in [3.8, 4) is 0 Å². The van der Waals surface area contributed by atoms with E-state index in [-0.39, 0.29) is 0 Å². The summed E-state index contributed by atoms with van der Waals surface area (Å²) in [5, 5.41) is 3.12. The monoisotopic (exact) mass is 163 g/mol. The molecule has 0 radical (unpaired) electrons. The van der Waals surface area contributed by atoms with E-state index in [1.807, 2.05) is 30.3 Å². The van der Waals surface area contributed by atoms with Gasteiger partial charge in [-0.15, -0.1) is 0 Å². The van der Waals surface area contributed by atoms with Gasteiger partial charge in [0.2, 0.25) is 0 Å². The van der Waals surface area contributed by atoms with Gasteiger partial charge >= 0.3 is 0 Å². The van der Waals surface area contributed by atoms with Crippen LogP contribution in [-0.4, -0.2) is 6.54 Å². The van der Waals surface area contributed by atoms with E-state index in [2.05, 4.69) is 5.32 Å². The molecule has 3 heteroatoms. The van der Waals surface area contributed by atoms with Crippen LogP contribution in [0.4, 0.5) is 5.69 Å². The molecule has 64 valence electrons. The van der Waals surface area contributed by atoms with E-state index < -0.39 is 0 Å². The summed E-state index contributed by atoms with van der Waals surface area (Å²) < 4.78 is 0. The first kappa shape index (κ1) is 8.46. The fourth-order valence-corrected chi connectivity index (χ4v) is 0.819. The Morgan fingerprint density at radius 2 is 2.00 bits per heavy atom. The lowest BCUT2D eigenvalue weighted by molar-refractivity contribution is 1.15. The fourth-order valence-electron chi connectivity index (χ4n) is 0.819. The van der Waals surface area contributed by atoms with Crippen LogP contribution in [0.1, 0.15) is 0 Å². The summed E-state index contributed by atoms with van der Waals surface area (Å²) in [5.74, 6) is 0. The number of nitrogens with one attached hydrogen (secondary N) is 1. The lowest BCUT2D eigenvalue weighted by Crippen LogP contribution is -2.12. The molecule has 0 aromatic heterocycles. The van der Waals surface area contributed by atoms with Crippen molar-refractivity contribution < 1.29 is 0 Å². The zero-order valence-corrected chi connectivity index (χ0v) is 6.83. The van der Waals surface area contributed by atoms with Crippen molar-refractivity contribution >= 4 is 5.69 Å². The molecular weight excluding hydrogens is 150 g/mol. The van der Waals surface area contributed by atoms with Gasteiger partial charge in [-0.3, -0.25) is 0 Å². The van der Waals surface area contributed by atoms with Gasteiger partial charge in [0.1, 0.15) is 0 Å². The zero-order valence-electron chi connectivity index (χ0n) is 6.83. The number of para-hydroxylation sites is 1. The summed E-state index contributed by atoms with van der Waals surface area (Å²) in [7, 11) is 0. The Kier molecular flexibility index (Phi) is 3.02. The lowest BCUT2D eigenvalue weighted by Gasteiger charge is -2.04. The van der Waals surface area contributed by atoms with E-state index >= 15 is 0 Å². The topological polar surface area (TPSA) is 64.1 Å². The second-order valence-electron chi connectivity index (χ2n) is 2.46. The highest BCUT2D eigenvalue weighted by Gasteiger charge is 1.89. The highest BCUT2D eigenvalue weighted by Crippen LogP contribution is 2.04. The molecule has 0 saturated carbocycles. The molecule has 1 aromatic rings. The summed E-state index contributed by atoms with van der Waals surface area (Å²) in [4.78, 5) is 0. The largest absolute Gasteiger partial charge is 0.403 e. The van der Waals surface area contributed by atoms with Gasteiger partial charge in [-0.05, 0) is 12.1 Å². The van der Waals surface area contributed by atoms with E-state index in [9.17, 15) is 0 Å². The van der Waals surface area contributed by atoms with Gasteiger partial charge in [0.15, 0.2) is 0 Å². The van der Waals surface area contributed by atoms with Gasteiger partial charge in [-0.2, -0.15) is 0 Å². The van der Waals surface area contributed by atoms with Crippen LogP contribution in [0.5, 0.6) is 0 Å². The molecule has 0 atom stereocenters. The highest BCUT2D eigenvalue weighted by atomic mass is 14.9. The first-order chi connectivity index (χ1) is 5.83. The van der Waals surface area contributed by atoms with E-state index in [0.717, 1.165) is 5.69 Å². The van der Waals surface area contributed by atoms with Gasteiger partial charge in [0.25, 0.3) is 0 Å². The second kappa shape index (κ2) is 4.28. The van der Waals surface area contributed by atoms with Crippen LogP contribution in [0, 0.1) is 0 Å². The summed E-state index contributed by atoms with van der Waals surface area (Å²) in [6.07, 6.45) is 1.40. The van der Waals surface area contributed by atoms with Crippen molar-refractivity contribution in [3.05, 3.63) is 42.2 Å². The van der Waals surface area contributed by atoms with Crippen molar-refractivity contribution in [2.45, 2.75) is 0 Å². The van der Waals surface area contributed by atoms with Gasteiger partial charge < -0.3 is 16.8 Å². The normalized spacial score (nSPS) is 11.2. The predicted octanol–water partition coefficient (Wildman–Crippen LogP) is 0.857. The molecule has 0 bridgehead atoms. The molecule has 0 heterocycles. The third-order valence-electron chi connectivity index (χ3n) is 1.48. The average molecular weight is 163 g/mol. The van der Waals surface area contributed by atoms with Crippen molar-refractivity contribution in [3.63, 3.8) is 0 Å². The maximum atomic E-state index is 5.49. The molecule has 0 aliphatic rings. The number of hydrogen-bond acceptors (Lipinski definition) is 3. The summed E-state index contributed by atoms with van der Waals surface area (Å²) in [6.45, 7) is 0.584. The Bertz CT molecular complexity index is 254. The fraction of sp³-hybridized carbons (Fsp3) is 0.111. The molecule has 0 saturated heterocycles. The van der Waals surface area contributed by atoms with Crippen molar-refractivity contribution in [2.75, 3.05) is 11.9 Å². The first-order valence-corrected chi connectivity index (χ1v) is 3.78. The van der Waals surface area contributed by atoms with E-state index in [1.54, 1.807) is 0 Å². The molecule has 12 heavy (non-hydrogen) atoms. The van der Waals surface area contributed by atoms with E-state index in [0.29, 0.717) is 12.2 Å². The molecule has 0 unspecified atom stereocenters. The minimum Gasteiger partial charge on any atom is -0.403 e. The Labute approximate surface area is 72.1 Å². The Hall–Kier alpha value is -1.64. The molecule has 0 spiro atoms. The molecule has 1 aromatic carbocycles. The molecule has 5 N–H and O–H groups in total. The molecule has 3 nitrogen and oxygen atoms in total. The third-order valence-corrected chi connectivity index (χ3v) is 1.48. The summed E-state index contributed by atoms with van der Waals surface area (Å²) >= 11 is 0. The van der Waals surface area contributed by atoms with Crippen molar-refractivity contribution in [1.82, 2.24) is 0 Å². The number of anilines is 1. The average Bonchev–Trinajstić information content (AvgIpc) is 2.16. The van der Waals surface area contributed by atoms with Crippen molar-refractivity contribution in [2.24, 2.45) is 11.5 Å². The highest BCUT2D eigenvalue weighted by molar-refractivity contribution is 5.43. The van der Waals surface area contributed by atoms with Crippen LogP contribution in [0.25, 0.3) is 0 Å². The quantitative estimate of drug-likeness (QED) is 0.619. The van der Waals surface area contributed by atoms with Crippen LogP contribution in [0.2, 0.25) is 0 Å². The Morgan fingerprint density at radius 1 is 1.33 bits per heavy atom. The summed E-state index contributed by atoms with van der Waals surface area (Å²) in [5.41, 5.74) is 12.4. The van der Waals surface area contributed by atoms with Crippen LogP contribution in [0.15, 0.2) is 42.2 Å². The number of benzene rings is 1. The molecule has 0 amide bonds. The van der Waals surface area contributed by atoms with Crippen LogP contribution >= 0.6 is 0 Å². The number of hydrogen-bond donors (Lipinski definition) is 3. The Morgan fingerprint density at radius 3 is 2.58 bits per heavy atom. The minimum atomic E-state index is 0.584. The predicted molar refractivity (Wildman–Crippen MR) is 51.4 cm³/mol. The van der Waals surface area contributed by atoms with Gasteiger partial charge in [-0.1, -0.05) is 18.2 Å². The van der Waals surface area contributed by atoms with E-state index in [1.165, 1.54) is 6.20 Å². The zero-order chi connectivity index (χ0) is 8.81. The third kappa shape index (κ3) is 2.54. The van der Waals surface area contributed by atoms with Crippen LogP contribution in [-0.2, 0) is 0 Å². The molecule has 0 aliphatic heterocycles. The standard InChI is InChI=1S/C9H13N3/c10-6-8(11)7-12-9-4-2-1-3-5-9/h1-6,12H,7,10-11H2/b8-6-. The number of rotatable bonds is 3. The minimum absolute atomic E-state index is 0.584. The van der Waals surface area contributed by atoms with Gasteiger partial charge in [-0.25, -0.2) is 0 Å². The lowest BCUT2D eigenvalue weighted by atomic mass is 10.3. The second-order valence-corrected chi connectivity index (χ2v) is 2.46. The smallest absolute Gasteiger partial charge is 0.0560 e. The number of nitrogens with two attached hydrogens (primary N) is 2.